The maximum atomic E-state index is 11.7. The molecule has 1 aromatic rings. The van der Waals surface area contributed by atoms with Crippen LogP contribution in [0, 0.1) is 0 Å². The molecule has 0 saturated carbocycles. The first-order valence-corrected chi connectivity index (χ1v) is 5.70. The topological polar surface area (TPSA) is 37.4 Å². The molecule has 1 aromatic carbocycles. The predicted molar refractivity (Wildman–Crippen MR) is 65.8 cm³/mol. The van der Waals surface area contributed by atoms with Crippen LogP contribution in [0.5, 0.6) is 0 Å². The van der Waals surface area contributed by atoms with E-state index in [2.05, 4.69) is 6.58 Å². The molecule has 0 bridgehead atoms. The first kappa shape index (κ1) is 11.6. The highest BCUT2D eigenvalue weighted by Gasteiger charge is 2.19. The molecule has 0 fully saturated rings. The SMILES string of the molecule is C=CCC(=O)N1CCc2cc(C=O)ccc2C1. The lowest BCUT2D eigenvalue weighted by Crippen LogP contribution is -2.35. The van der Waals surface area contributed by atoms with Crippen LogP contribution in [0.2, 0.25) is 0 Å². The molecule has 1 amide bonds. The lowest BCUT2D eigenvalue weighted by atomic mass is 9.97. The molecule has 0 unspecified atom stereocenters. The Morgan fingerprint density at radius 3 is 2.94 bits per heavy atom. The van der Waals surface area contributed by atoms with Crippen molar-refractivity contribution in [3.63, 3.8) is 0 Å². The van der Waals surface area contributed by atoms with E-state index in [1.54, 1.807) is 12.1 Å². The van der Waals surface area contributed by atoms with E-state index in [0.29, 0.717) is 18.5 Å². The van der Waals surface area contributed by atoms with E-state index in [1.807, 2.05) is 17.0 Å². The van der Waals surface area contributed by atoms with E-state index in [9.17, 15) is 9.59 Å². The second-order valence-corrected chi connectivity index (χ2v) is 4.20. The van der Waals surface area contributed by atoms with Crippen molar-refractivity contribution in [2.45, 2.75) is 19.4 Å². The highest BCUT2D eigenvalue weighted by Crippen LogP contribution is 2.20. The van der Waals surface area contributed by atoms with Crippen molar-refractivity contribution in [3.8, 4) is 0 Å². The molecule has 88 valence electrons. The van der Waals surface area contributed by atoms with Gasteiger partial charge in [-0.25, -0.2) is 0 Å². The van der Waals surface area contributed by atoms with Gasteiger partial charge in [0.15, 0.2) is 0 Å². The van der Waals surface area contributed by atoms with Gasteiger partial charge in [0.05, 0.1) is 0 Å². The quantitative estimate of drug-likeness (QED) is 0.587. The lowest BCUT2D eigenvalue weighted by Gasteiger charge is -2.28. The van der Waals surface area contributed by atoms with E-state index in [-0.39, 0.29) is 5.91 Å². The number of carbonyl (C=O) groups excluding carboxylic acids is 2. The minimum Gasteiger partial charge on any atom is -0.338 e. The van der Waals surface area contributed by atoms with Crippen molar-refractivity contribution in [2.75, 3.05) is 6.54 Å². The molecule has 0 spiro atoms. The standard InChI is InChI=1S/C14H15NO2/c1-2-3-14(17)15-7-6-12-8-11(10-16)4-5-13(12)9-15/h2,4-5,8,10H,1,3,6-7,9H2. The largest absolute Gasteiger partial charge is 0.338 e. The zero-order valence-corrected chi connectivity index (χ0v) is 9.69. The minimum atomic E-state index is 0.116. The van der Waals surface area contributed by atoms with Crippen LogP contribution in [-0.4, -0.2) is 23.6 Å². The molecule has 0 aliphatic carbocycles. The number of carbonyl (C=O) groups is 2. The fourth-order valence-electron chi connectivity index (χ4n) is 2.11. The summed E-state index contributed by atoms with van der Waals surface area (Å²) in [6.07, 6.45) is 3.70. The van der Waals surface area contributed by atoms with E-state index in [4.69, 9.17) is 0 Å². The van der Waals surface area contributed by atoms with Crippen LogP contribution in [0.1, 0.15) is 27.9 Å². The molecule has 0 N–H and O–H groups in total. The third-order valence-electron chi connectivity index (χ3n) is 3.05. The Hall–Kier alpha value is -1.90. The van der Waals surface area contributed by atoms with Gasteiger partial charge in [-0.3, -0.25) is 9.59 Å². The van der Waals surface area contributed by atoms with E-state index in [0.717, 1.165) is 24.8 Å². The Bertz CT molecular complexity index is 465. The summed E-state index contributed by atoms with van der Waals surface area (Å²) in [5.41, 5.74) is 3.02. The van der Waals surface area contributed by atoms with E-state index < -0.39 is 0 Å². The summed E-state index contributed by atoms with van der Waals surface area (Å²) in [7, 11) is 0. The molecule has 17 heavy (non-hydrogen) atoms. The zero-order valence-electron chi connectivity index (χ0n) is 9.69. The van der Waals surface area contributed by atoms with Gasteiger partial charge in [0, 0.05) is 25.1 Å². The van der Waals surface area contributed by atoms with Gasteiger partial charge in [0.1, 0.15) is 6.29 Å². The number of rotatable bonds is 3. The van der Waals surface area contributed by atoms with Crippen molar-refractivity contribution < 1.29 is 9.59 Å². The number of fused-ring (bicyclic) bond motifs is 1. The number of aldehydes is 1. The van der Waals surface area contributed by atoms with Gasteiger partial charge in [-0.2, -0.15) is 0 Å². The van der Waals surface area contributed by atoms with Crippen molar-refractivity contribution >= 4 is 12.2 Å². The van der Waals surface area contributed by atoms with E-state index in [1.165, 1.54) is 5.56 Å². The summed E-state index contributed by atoms with van der Waals surface area (Å²) < 4.78 is 0. The predicted octanol–water partition coefficient (Wildman–Crippen LogP) is 1.96. The Kier molecular flexibility index (Phi) is 3.38. The second kappa shape index (κ2) is 4.95. The van der Waals surface area contributed by atoms with Gasteiger partial charge in [-0.15, -0.1) is 6.58 Å². The molecule has 0 atom stereocenters. The Balaban J connectivity index is 2.16. The lowest BCUT2D eigenvalue weighted by molar-refractivity contribution is -0.131. The highest BCUT2D eigenvalue weighted by molar-refractivity contribution is 5.78. The van der Waals surface area contributed by atoms with Crippen LogP contribution < -0.4 is 0 Å². The summed E-state index contributed by atoms with van der Waals surface area (Å²) in [6, 6.07) is 5.65. The van der Waals surface area contributed by atoms with Crippen molar-refractivity contribution in [1.29, 1.82) is 0 Å². The molecule has 3 heteroatoms. The molecule has 1 heterocycles. The van der Waals surface area contributed by atoms with Gasteiger partial charge >= 0.3 is 0 Å². The number of amides is 1. The first-order valence-electron chi connectivity index (χ1n) is 5.70. The molecular weight excluding hydrogens is 214 g/mol. The van der Waals surface area contributed by atoms with Gasteiger partial charge in [-0.1, -0.05) is 18.2 Å². The summed E-state index contributed by atoms with van der Waals surface area (Å²) >= 11 is 0. The number of nitrogens with zero attached hydrogens (tertiary/aromatic N) is 1. The zero-order chi connectivity index (χ0) is 12.3. The van der Waals surface area contributed by atoms with Crippen LogP contribution in [-0.2, 0) is 17.8 Å². The summed E-state index contributed by atoms with van der Waals surface area (Å²) in [4.78, 5) is 24.2. The maximum absolute atomic E-state index is 11.7. The molecule has 0 radical (unpaired) electrons. The average molecular weight is 229 g/mol. The smallest absolute Gasteiger partial charge is 0.226 e. The average Bonchev–Trinajstić information content (AvgIpc) is 2.37. The van der Waals surface area contributed by atoms with E-state index >= 15 is 0 Å². The summed E-state index contributed by atoms with van der Waals surface area (Å²) in [5, 5.41) is 0. The highest BCUT2D eigenvalue weighted by atomic mass is 16.2. The van der Waals surface area contributed by atoms with Crippen LogP contribution in [0.4, 0.5) is 0 Å². The van der Waals surface area contributed by atoms with Crippen LogP contribution in [0.15, 0.2) is 30.9 Å². The van der Waals surface area contributed by atoms with Gasteiger partial charge in [0.2, 0.25) is 5.91 Å². The third-order valence-corrected chi connectivity index (χ3v) is 3.05. The maximum Gasteiger partial charge on any atom is 0.226 e. The number of hydrogen-bond acceptors (Lipinski definition) is 2. The Morgan fingerprint density at radius 2 is 2.24 bits per heavy atom. The Morgan fingerprint density at radius 1 is 1.41 bits per heavy atom. The second-order valence-electron chi connectivity index (χ2n) is 4.20. The molecule has 0 aromatic heterocycles. The van der Waals surface area contributed by atoms with Crippen molar-refractivity contribution in [2.24, 2.45) is 0 Å². The van der Waals surface area contributed by atoms with Gasteiger partial charge in [-0.05, 0) is 23.6 Å². The van der Waals surface area contributed by atoms with Crippen LogP contribution in [0.3, 0.4) is 0 Å². The normalized spacial score (nSPS) is 14.0. The minimum absolute atomic E-state index is 0.116. The van der Waals surface area contributed by atoms with Gasteiger partial charge < -0.3 is 4.90 Å². The number of benzene rings is 1. The monoisotopic (exact) mass is 229 g/mol. The third kappa shape index (κ3) is 2.44. The molecule has 3 nitrogen and oxygen atoms in total. The molecular formula is C14H15NO2. The van der Waals surface area contributed by atoms with Crippen molar-refractivity contribution in [1.82, 2.24) is 4.90 Å². The summed E-state index contributed by atoms with van der Waals surface area (Å²) in [5.74, 6) is 0.116. The molecule has 1 aliphatic rings. The number of hydrogen-bond donors (Lipinski definition) is 0. The fourth-order valence-corrected chi connectivity index (χ4v) is 2.11. The first-order chi connectivity index (χ1) is 8.24. The molecule has 1 aliphatic heterocycles. The van der Waals surface area contributed by atoms with Crippen molar-refractivity contribution in [3.05, 3.63) is 47.5 Å². The fraction of sp³-hybridized carbons (Fsp3) is 0.286. The van der Waals surface area contributed by atoms with Crippen LogP contribution >= 0.6 is 0 Å². The molecule has 0 saturated heterocycles. The van der Waals surface area contributed by atoms with Gasteiger partial charge in [0.25, 0.3) is 0 Å². The van der Waals surface area contributed by atoms with Crippen LogP contribution in [0.25, 0.3) is 0 Å². The Labute approximate surface area is 101 Å². The molecule has 2 rings (SSSR count). The summed E-state index contributed by atoms with van der Waals surface area (Å²) in [6.45, 7) is 4.94.